The van der Waals surface area contributed by atoms with E-state index in [0.29, 0.717) is 11.3 Å². The zero-order valence-corrected chi connectivity index (χ0v) is 11.3. The Kier molecular flexibility index (Phi) is 3.94. The number of ketones is 1. The largest absolute Gasteiger partial charge is 0.508 e. The monoisotopic (exact) mass is 272 g/mol. The molecular weight excluding hydrogens is 256 g/mol. The number of hydrogen-bond acceptors (Lipinski definition) is 4. The van der Waals surface area contributed by atoms with Crippen LogP contribution < -0.4 is 4.74 Å². The molecule has 104 valence electrons. The van der Waals surface area contributed by atoms with Gasteiger partial charge in [-0.2, -0.15) is 0 Å². The van der Waals surface area contributed by atoms with Crippen LogP contribution in [0.4, 0.5) is 0 Å². The molecule has 4 heteroatoms. The van der Waals surface area contributed by atoms with Crippen LogP contribution >= 0.6 is 0 Å². The van der Waals surface area contributed by atoms with Gasteiger partial charge >= 0.3 is 0 Å². The first kappa shape index (κ1) is 13.9. The smallest absolute Gasteiger partial charge is 0.141 e. The number of carbonyl (C=O) groups excluding carboxylic acids is 1. The number of hydrogen-bond donors (Lipinski definition) is 2. The molecule has 2 aromatic rings. The Hall–Kier alpha value is -2.49. The fourth-order valence-corrected chi connectivity index (χ4v) is 2.24. The third kappa shape index (κ3) is 2.74. The highest BCUT2D eigenvalue weighted by atomic mass is 16.5. The molecule has 0 aliphatic heterocycles. The van der Waals surface area contributed by atoms with Gasteiger partial charge in [0.25, 0.3) is 0 Å². The van der Waals surface area contributed by atoms with Crippen molar-refractivity contribution in [3.8, 4) is 17.2 Å². The minimum absolute atomic E-state index is 0.0420. The minimum atomic E-state index is -0.494. The molecule has 0 bridgehead atoms. The Labute approximate surface area is 117 Å². The first-order valence-electron chi connectivity index (χ1n) is 6.19. The lowest BCUT2D eigenvalue weighted by molar-refractivity contribution is -0.117. The first-order valence-corrected chi connectivity index (χ1v) is 6.19. The van der Waals surface area contributed by atoms with Crippen molar-refractivity contribution in [2.24, 2.45) is 0 Å². The van der Waals surface area contributed by atoms with E-state index >= 15 is 0 Å². The van der Waals surface area contributed by atoms with E-state index in [0.717, 1.165) is 5.56 Å². The van der Waals surface area contributed by atoms with Crippen molar-refractivity contribution < 1.29 is 19.7 Å². The van der Waals surface area contributed by atoms with Crippen LogP contribution in [-0.2, 0) is 4.79 Å². The second kappa shape index (κ2) is 5.65. The molecule has 0 aliphatic carbocycles. The van der Waals surface area contributed by atoms with Crippen molar-refractivity contribution in [1.82, 2.24) is 0 Å². The van der Waals surface area contributed by atoms with Crippen molar-refractivity contribution in [2.75, 3.05) is 7.11 Å². The lowest BCUT2D eigenvalue weighted by Gasteiger charge is -2.18. The Morgan fingerprint density at radius 3 is 2.20 bits per heavy atom. The van der Waals surface area contributed by atoms with Crippen LogP contribution in [0, 0.1) is 0 Å². The van der Waals surface area contributed by atoms with Gasteiger partial charge in [-0.3, -0.25) is 4.79 Å². The van der Waals surface area contributed by atoms with E-state index in [1.807, 2.05) is 0 Å². The Morgan fingerprint density at radius 1 is 1.05 bits per heavy atom. The summed E-state index contributed by atoms with van der Waals surface area (Å²) in [7, 11) is 1.49. The van der Waals surface area contributed by atoms with Crippen LogP contribution in [-0.4, -0.2) is 23.1 Å². The Morgan fingerprint density at radius 2 is 1.65 bits per heavy atom. The van der Waals surface area contributed by atoms with Gasteiger partial charge in [-0.1, -0.05) is 18.2 Å². The van der Waals surface area contributed by atoms with Crippen LogP contribution in [0.25, 0.3) is 0 Å². The van der Waals surface area contributed by atoms with Gasteiger partial charge in [0.1, 0.15) is 23.0 Å². The Bertz CT molecular complexity index is 617. The number of Topliss-reactive ketones (excluding diaryl/α,β-unsaturated/α-hetero) is 1. The van der Waals surface area contributed by atoms with Crippen molar-refractivity contribution in [1.29, 1.82) is 0 Å². The van der Waals surface area contributed by atoms with Gasteiger partial charge in [0.05, 0.1) is 13.0 Å². The second-order valence-electron chi connectivity index (χ2n) is 4.56. The third-order valence-electron chi connectivity index (χ3n) is 3.16. The Balaban J connectivity index is 2.54. The number of methoxy groups -OCH3 is 1. The summed E-state index contributed by atoms with van der Waals surface area (Å²) < 4.78 is 5.24. The van der Waals surface area contributed by atoms with Crippen LogP contribution in [0.5, 0.6) is 17.2 Å². The van der Waals surface area contributed by atoms with E-state index in [9.17, 15) is 15.0 Å². The molecule has 0 aliphatic rings. The zero-order chi connectivity index (χ0) is 14.7. The molecule has 0 fully saturated rings. The van der Waals surface area contributed by atoms with E-state index < -0.39 is 5.92 Å². The number of carbonyl (C=O) groups is 1. The van der Waals surface area contributed by atoms with Gasteiger partial charge in [0, 0.05) is 11.6 Å². The maximum absolute atomic E-state index is 12.0. The highest BCUT2D eigenvalue weighted by Gasteiger charge is 2.23. The molecule has 0 aromatic heterocycles. The van der Waals surface area contributed by atoms with E-state index in [2.05, 4.69) is 0 Å². The molecule has 0 radical (unpaired) electrons. The first-order chi connectivity index (χ1) is 9.52. The number of aromatic hydroxyl groups is 2. The molecule has 0 heterocycles. The summed E-state index contributed by atoms with van der Waals surface area (Å²) in [4.78, 5) is 12.0. The molecule has 20 heavy (non-hydrogen) atoms. The van der Waals surface area contributed by atoms with Crippen LogP contribution in [0.15, 0.2) is 42.5 Å². The minimum Gasteiger partial charge on any atom is -0.508 e. The maximum Gasteiger partial charge on any atom is 0.141 e. The normalized spacial score (nSPS) is 11.9. The predicted octanol–water partition coefficient (Wildman–Crippen LogP) is 2.83. The average molecular weight is 272 g/mol. The van der Waals surface area contributed by atoms with Gasteiger partial charge in [0.15, 0.2) is 0 Å². The van der Waals surface area contributed by atoms with E-state index in [4.69, 9.17) is 4.74 Å². The molecule has 4 nitrogen and oxygen atoms in total. The standard InChI is InChI=1S/C16H16O4/c1-10(17)16(11-3-5-12(18)6-4-11)14-8-7-13(19)9-15(14)20-2/h3-9,16,18-19H,1-2H3. The van der Waals surface area contributed by atoms with Crippen molar-refractivity contribution in [2.45, 2.75) is 12.8 Å². The summed E-state index contributed by atoms with van der Waals surface area (Å²) in [6, 6.07) is 11.2. The molecule has 1 unspecified atom stereocenters. The summed E-state index contributed by atoms with van der Waals surface area (Å²) in [5, 5.41) is 18.8. The lowest BCUT2D eigenvalue weighted by Crippen LogP contribution is -2.11. The summed E-state index contributed by atoms with van der Waals surface area (Å²) in [6.07, 6.45) is 0. The molecule has 2 aromatic carbocycles. The maximum atomic E-state index is 12.0. The topological polar surface area (TPSA) is 66.8 Å². The second-order valence-corrected chi connectivity index (χ2v) is 4.56. The average Bonchev–Trinajstić information content (AvgIpc) is 2.42. The quantitative estimate of drug-likeness (QED) is 0.898. The summed E-state index contributed by atoms with van der Waals surface area (Å²) in [6.45, 7) is 1.50. The highest BCUT2D eigenvalue weighted by molar-refractivity contribution is 5.87. The third-order valence-corrected chi connectivity index (χ3v) is 3.16. The van der Waals surface area contributed by atoms with Crippen molar-refractivity contribution >= 4 is 5.78 Å². The molecular formula is C16H16O4. The molecule has 0 saturated heterocycles. The number of phenols is 2. The van der Waals surface area contributed by atoms with Crippen LogP contribution in [0.3, 0.4) is 0 Å². The summed E-state index contributed by atoms with van der Waals surface area (Å²) in [5.41, 5.74) is 1.45. The van der Waals surface area contributed by atoms with Crippen molar-refractivity contribution in [3.63, 3.8) is 0 Å². The predicted molar refractivity (Wildman–Crippen MR) is 75.3 cm³/mol. The lowest BCUT2D eigenvalue weighted by atomic mass is 9.87. The molecule has 2 rings (SSSR count). The molecule has 0 amide bonds. The number of phenolic OH excluding ortho intramolecular Hbond substituents is 2. The van der Waals surface area contributed by atoms with Crippen molar-refractivity contribution in [3.05, 3.63) is 53.6 Å². The number of ether oxygens (including phenoxy) is 1. The van der Waals surface area contributed by atoms with E-state index in [1.165, 1.54) is 38.3 Å². The van der Waals surface area contributed by atoms with Crippen LogP contribution in [0.2, 0.25) is 0 Å². The molecule has 0 saturated carbocycles. The summed E-state index contributed by atoms with van der Waals surface area (Å²) >= 11 is 0. The molecule has 0 spiro atoms. The zero-order valence-electron chi connectivity index (χ0n) is 11.3. The SMILES string of the molecule is COc1cc(O)ccc1C(C(C)=O)c1ccc(O)cc1. The van der Waals surface area contributed by atoms with Crippen LogP contribution in [0.1, 0.15) is 24.0 Å². The van der Waals surface area contributed by atoms with Gasteiger partial charge in [-0.05, 0) is 30.7 Å². The van der Waals surface area contributed by atoms with E-state index in [1.54, 1.807) is 18.2 Å². The molecule has 2 N–H and O–H groups in total. The van der Waals surface area contributed by atoms with Gasteiger partial charge in [-0.15, -0.1) is 0 Å². The van der Waals surface area contributed by atoms with Gasteiger partial charge < -0.3 is 14.9 Å². The summed E-state index contributed by atoms with van der Waals surface area (Å²) in [5.74, 6) is 0.149. The van der Waals surface area contributed by atoms with E-state index in [-0.39, 0.29) is 17.3 Å². The fourth-order valence-electron chi connectivity index (χ4n) is 2.24. The fraction of sp³-hybridized carbons (Fsp3) is 0.188. The molecule has 1 atom stereocenters. The van der Waals surface area contributed by atoms with Gasteiger partial charge in [0.2, 0.25) is 0 Å². The van der Waals surface area contributed by atoms with Gasteiger partial charge in [-0.25, -0.2) is 0 Å². The number of benzene rings is 2. The number of rotatable bonds is 4. The highest BCUT2D eigenvalue weighted by Crippen LogP contribution is 2.35.